The van der Waals surface area contributed by atoms with E-state index in [-0.39, 0.29) is 17.1 Å². The Morgan fingerprint density at radius 1 is 1.14 bits per heavy atom. The van der Waals surface area contributed by atoms with Crippen molar-refractivity contribution in [2.75, 3.05) is 7.11 Å². The molecule has 3 aromatic rings. The molecule has 0 aliphatic carbocycles. The number of carbonyl (C=O) groups excluding carboxylic acids is 3. The van der Waals surface area contributed by atoms with Crippen LogP contribution in [0.4, 0.5) is 4.79 Å². The van der Waals surface area contributed by atoms with Gasteiger partial charge in [-0.05, 0) is 48.5 Å². The van der Waals surface area contributed by atoms with Crippen LogP contribution in [-0.2, 0) is 16.1 Å². The average molecular weight is 406 g/mol. The molecule has 0 spiro atoms. The number of nitrogens with zero attached hydrogens (tertiary/aromatic N) is 1. The van der Waals surface area contributed by atoms with Gasteiger partial charge in [0, 0.05) is 28.7 Å². The first kappa shape index (κ1) is 19.0. The first-order valence-electron chi connectivity index (χ1n) is 8.98. The fourth-order valence-electron chi connectivity index (χ4n) is 3.44. The molecule has 146 valence electrons. The molecular weight excluding hydrogens is 388 g/mol. The van der Waals surface area contributed by atoms with Crippen LogP contribution in [0.15, 0.2) is 53.4 Å². The predicted molar refractivity (Wildman–Crippen MR) is 113 cm³/mol. The molecule has 1 aliphatic heterocycles. The van der Waals surface area contributed by atoms with Gasteiger partial charge in [-0.1, -0.05) is 30.3 Å². The zero-order valence-electron chi connectivity index (χ0n) is 15.9. The van der Waals surface area contributed by atoms with Gasteiger partial charge in [-0.15, -0.1) is 0 Å². The minimum absolute atomic E-state index is 0.353. The summed E-state index contributed by atoms with van der Waals surface area (Å²) >= 11 is 0.914. The summed E-state index contributed by atoms with van der Waals surface area (Å²) in [5.41, 5.74) is 4.47. The van der Waals surface area contributed by atoms with Gasteiger partial charge in [0.25, 0.3) is 11.1 Å². The van der Waals surface area contributed by atoms with Crippen LogP contribution in [0.5, 0.6) is 0 Å². The van der Waals surface area contributed by atoms with E-state index in [4.69, 9.17) is 4.74 Å². The normalized spacial score (nSPS) is 15.2. The number of nitrogens with one attached hydrogen (secondary N) is 1. The van der Waals surface area contributed by atoms with E-state index in [0.29, 0.717) is 17.0 Å². The summed E-state index contributed by atoms with van der Waals surface area (Å²) in [4.78, 5) is 35.5. The van der Waals surface area contributed by atoms with E-state index in [1.165, 1.54) is 7.11 Å². The highest BCUT2D eigenvalue weighted by Crippen LogP contribution is 2.32. The number of carbonyl (C=O) groups is 3. The SMILES string of the molecule is COC(=O)c1ccc(Cn2c(C)c(/C=C3\SC(=O)NC3=O)c3ccccc32)cc1. The number of methoxy groups -OCH3 is 1. The van der Waals surface area contributed by atoms with E-state index < -0.39 is 0 Å². The summed E-state index contributed by atoms with van der Waals surface area (Å²) in [6, 6.07) is 15.2. The third-order valence-electron chi connectivity index (χ3n) is 4.91. The quantitative estimate of drug-likeness (QED) is 0.521. The molecule has 6 nitrogen and oxygen atoms in total. The monoisotopic (exact) mass is 406 g/mol. The third-order valence-corrected chi connectivity index (χ3v) is 5.72. The number of hydrogen-bond acceptors (Lipinski definition) is 5. The molecule has 0 unspecified atom stereocenters. The van der Waals surface area contributed by atoms with E-state index in [0.717, 1.165) is 39.5 Å². The van der Waals surface area contributed by atoms with E-state index in [9.17, 15) is 14.4 Å². The summed E-state index contributed by atoms with van der Waals surface area (Å²) in [5, 5.41) is 2.95. The van der Waals surface area contributed by atoms with E-state index in [2.05, 4.69) is 9.88 Å². The lowest BCUT2D eigenvalue weighted by Crippen LogP contribution is -2.17. The fourth-order valence-corrected chi connectivity index (χ4v) is 4.11. The zero-order valence-corrected chi connectivity index (χ0v) is 16.7. The highest BCUT2D eigenvalue weighted by Gasteiger charge is 2.26. The smallest absolute Gasteiger partial charge is 0.337 e. The van der Waals surface area contributed by atoms with Crippen molar-refractivity contribution < 1.29 is 19.1 Å². The van der Waals surface area contributed by atoms with Gasteiger partial charge in [0.2, 0.25) is 0 Å². The molecule has 7 heteroatoms. The second-order valence-electron chi connectivity index (χ2n) is 6.64. The molecule has 1 saturated heterocycles. The van der Waals surface area contributed by atoms with Gasteiger partial charge in [-0.25, -0.2) is 4.79 Å². The number of benzene rings is 2. The van der Waals surface area contributed by atoms with Crippen LogP contribution in [0.1, 0.15) is 27.2 Å². The summed E-state index contributed by atoms with van der Waals surface area (Å²) < 4.78 is 6.91. The first-order chi connectivity index (χ1) is 14.0. The van der Waals surface area contributed by atoms with Crippen LogP contribution in [-0.4, -0.2) is 28.8 Å². The summed E-state index contributed by atoms with van der Waals surface area (Å²) in [6.45, 7) is 2.60. The molecule has 0 radical (unpaired) electrons. The molecule has 2 heterocycles. The van der Waals surface area contributed by atoms with Gasteiger partial charge < -0.3 is 9.30 Å². The largest absolute Gasteiger partial charge is 0.465 e. The van der Waals surface area contributed by atoms with Gasteiger partial charge in [-0.3, -0.25) is 14.9 Å². The Morgan fingerprint density at radius 3 is 2.52 bits per heavy atom. The molecule has 4 rings (SSSR count). The average Bonchev–Trinajstić information content (AvgIpc) is 3.19. The van der Waals surface area contributed by atoms with E-state index in [1.54, 1.807) is 18.2 Å². The summed E-state index contributed by atoms with van der Waals surface area (Å²) in [7, 11) is 1.36. The molecule has 1 aliphatic rings. The molecule has 2 aromatic carbocycles. The molecular formula is C22H18N2O4S. The Balaban J connectivity index is 1.75. The van der Waals surface area contributed by atoms with Crippen molar-refractivity contribution in [1.29, 1.82) is 0 Å². The highest BCUT2D eigenvalue weighted by molar-refractivity contribution is 8.18. The molecule has 1 N–H and O–H groups in total. The van der Waals surface area contributed by atoms with Crippen LogP contribution in [0.2, 0.25) is 0 Å². The van der Waals surface area contributed by atoms with Crippen molar-refractivity contribution in [1.82, 2.24) is 9.88 Å². The second-order valence-corrected chi connectivity index (χ2v) is 7.66. The molecule has 0 atom stereocenters. The van der Waals surface area contributed by atoms with Gasteiger partial charge >= 0.3 is 5.97 Å². The Bertz CT molecular complexity index is 1180. The number of hydrogen-bond donors (Lipinski definition) is 1. The number of para-hydroxylation sites is 1. The zero-order chi connectivity index (χ0) is 20.5. The van der Waals surface area contributed by atoms with Gasteiger partial charge in [0.05, 0.1) is 17.6 Å². The van der Waals surface area contributed by atoms with Crippen molar-refractivity contribution >= 4 is 45.9 Å². The second kappa shape index (κ2) is 7.60. The number of amides is 2. The maximum Gasteiger partial charge on any atom is 0.337 e. The number of fused-ring (bicyclic) bond motifs is 1. The van der Waals surface area contributed by atoms with Crippen molar-refractivity contribution in [2.24, 2.45) is 0 Å². The number of aromatic nitrogens is 1. The lowest BCUT2D eigenvalue weighted by molar-refractivity contribution is -0.115. The van der Waals surface area contributed by atoms with Gasteiger partial charge in [0.1, 0.15) is 0 Å². The summed E-state index contributed by atoms with van der Waals surface area (Å²) in [5.74, 6) is -0.732. The predicted octanol–water partition coefficient (Wildman–Crippen LogP) is 4.11. The minimum atomic E-state index is -0.366. The van der Waals surface area contributed by atoms with Gasteiger partial charge in [0.15, 0.2) is 0 Å². The number of ether oxygens (including phenoxy) is 1. The van der Waals surface area contributed by atoms with Crippen molar-refractivity contribution in [3.63, 3.8) is 0 Å². The van der Waals surface area contributed by atoms with Crippen LogP contribution in [0, 0.1) is 6.92 Å². The number of thioether (sulfide) groups is 1. The Hall–Kier alpha value is -3.32. The molecule has 1 fully saturated rings. The molecule has 0 bridgehead atoms. The molecule has 2 amide bonds. The number of imide groups is 1. The number of esters is 1. The lowest BCUT2D eigenvalue weighted by atomic mass is 10.1. The molecule has 1 aromatic heterocycles. The van der Waals surface area contributed by atoms with Crippen molar-refractivity contribution in [3.8, 4) is 0 Å². The maximum atomic E-state index is 12.0. The van der Waals surface area contributed by atoms with E-state index in [1.807, 2.05) is 43.3 Å². The summed E-state index contributed by atoms with van der Waals surface area (Å²) in [6.07, 6.45) is 1.78. The van der Waals surface area contributed by atoms with Crippen LogP contribution in [0.3, 0.4) is 0 Å². The van der Waals surface area contributed by atoms with Gasteiger partial charge in [-0.2, -0.15) is 0 Å². The Labute approximate surface area is 171 Å². The van der Waals surface area contributed by atoms with Crippen molar-refractivity contribution in [3.05, 3.63) is 75.8 Å². The standard InChI is InChI=1S/C22H18N2O4S/c1-13-17(11-19-20(25)23-22(27)29-19)16-5-3-4-6-18(16)24(13)12-14-7-9-15(10-8-14)21(26)28-2/h3-11H,12H2,1-2H3,(H,23,25,27)/b19-11-. The Morgan fingerprint density at radius 2 is 1.86 bits per heavy atom. The highest BCUT2D eigenvalue weighted by atomic mass is 32.2. The van der Waals surface area contributed by atoms with Crippen LogP contribution >= 0.6 is 11.8 Å². The topological polar surface area (TPSA) is 77.4 Å². The maximum absolute atomic E-state index is 12.0. The minimum Gasteiger partial charge on any atom is -0.465 e. The Kier molecular flexibility index (Phi) is 4.98. The van der Waals surface area contributed by atoms with Crippen LogP contribution in [0.25, 0.3) is 17.0 Å². The van der Waals surface area contributed by atoms with E-state index >= 15 is 0 Å². The molecule has 0 saturated carbocycles. The third kappa shape index (κ3) is 3.56. The molecule has 29 heavy (non-hydrogen) atoms. The first-order valence-corrected chi connectivity index (χ1v) is 9.79. The van der Waals surface area contributed by atoms with Crippen molar-refractivity contribution in [2.45, 2.75) is 13.5 Å². The fraction of sp³-hybridized carbons (Fsp3) is 0.136. The number of rotatable bonds is 4. The lowest BCUT2D eigenvalue weighted by Gasteiger charge is -2.09. The van der Waals surface area contributed by atoms with Crippen LogP contribution < -0.4 is 5.32 Å².